The van der Waals surface area contributed by atoms with Crippen LogP contribution in [0.3, 0.4) is 0 Å². The molecule has 2 heterocycles. The number of azide groups is 1. The van der Waals surface area contributed by atoms with Gasteiger partial charge in [-0.25, -0.2) is 4.79 Å². The van der Waals surface area contributed by atoms with E-state index < -0.39 is 5.60 Å². The van der Waals surface area contributed by atoms with Gasteiger partial charge < -0.3 is 9.64 Å². The van der Waals surface area contributed by atoms with Gasteiger partial charge in [0.2, 0.25) is 0 Å². The first kappa shape index (κ1) is 16.1. The summed E-state index contributed by atoms with van der Waals surface area (Å²) in [6, 6.07) is 5.71. The number of carbonyl (C=O) groups is 1. The Kier molecular flexibility index (Phi) is 4.88. The van der Waals surface area contributed by atoms with Crippen LogP contribution >= 0.6 is 0 Å². The molecule has 7 heteroatoms. The third kappa shape index (κ3) is 4.11. The number of aromatic nitrogens is 1. The molecule has 1 aromatic rings. The third-order valence-corrected chi connectivity index (χ3v) is 3.54. The molecule has 0 spiro atoms. The lowest BCUT2D eigenvalue weighted by atomic mass is 9.92. The molecule has 1 fully saturated rings. The van der Waals surface area contributed by atoms with Crippen molar-refractivity contribution in [2.45, 2.75) is 32.3 Å². The summed E-state index contributed by atoms with van der Waals surface area (Å²) in [4.78, 5) is 21.1. The zero-order valence-corrected chi connectivity index (χ0v) is 13.1. The summed E-state index contributed by atoms with van der Waals surface area (Å²) in [6.07, 6.45) is 1.40. The van der Waals surface area contributed by atoms with Gasteiger partial charge in [0.15, 0.2) is 0 Å². The van der Waals surface area contributed by atoms with Crippen molar-refractivity contribution in [3.05, 3.63) is 40.5 Å². The second kappa shape index (κ2) is 6.66. The molecule has 118 valence electrons. The highest BCUT2D eigenvalue weighted by Gasteiger charge is 2.38. The molecule has 2 rings (SSSR count). The number of hydrogen-bond donors (Lipinski definition) is 0. The molecule has 1 amide bonds. The Hall–Kier alpha value is -2.27. The van der Waals surface area contributed by atoms with E-state index in [1.165, 1.54) is 0 Å². The van der Waals surface area contributed by atoms with E-state index in [-0.39, 0.29) is 17.9 Å². The lowest BCUT2D eigenvalue weighted by Gasteiger charge is -2.24. The Morgan fingerprint density at radius 2 is 2.27 bits per heavy atom. The first-order chi connectivity index (χ1) is 10.4. The molecule has 2 unspecified atom stereocenters. The molecule has 0 saturated carbocycles. The number of ether oxygens (including phenoxy) is 1. The summed E-state index contributed by atoms with van der Waals surface area (Å²) >= 11 is 0. The van der Waals surface area contributed by atoms with Crippen molar-refractivity contribution in [3.63, 3.8) is 0 Å². The number of nitrogens with zero attached hydrogens (tertiary/aromatic N) is 5. The SMILES string of the molecule is CC(C)(C)OC(=O)N1CC(CN=[N+]=[N-])C(c2ccccn2)C1. The van der Waals surface area contributed by atoms with Gasteiger partial charge in [-0.3, -0.25) is 4.98 Å². The summed E-state index contributed by atoms with van der Waals surface area (Å²) in [6.45, 7) is 6.90. The lowest BCUT2D eigenvalue weighted by Crippen LogP contribution is -2.35. The molecule has 1 aromatic heterocycles. The number of likely N-dealkylation sites (tertiary alicyclic amines) is 1. The van der Waals surface area contributed by atoms with Crippen molar-refractivity contribution >= 4 is 6.09 Å². The summed E-state index contributed by atoms with van der Waals surface area (Å²) in [5.41, 5.74) is 8.93. The molecule has 0 bridgehead atoms. The van der Waals surface area contributed by atoms with Crippen LogP contribution in [0.15, 0.2) is 29.5 Å². The molecule has 1 aliphatic heterocycles. The van der Waals surface area contributed by atoms with Crippen LogP contribution in [0, 0.1) is 5.92 Å². The van der Waals surface area contributed by atoms with Crippen molar-refractivity contribution in [1.29, 1.82) is 0 Å². The highest BCUT2D eigenvalue weighted by atomic mass is 16.6. The Bertz CT molecular complexity index is 563. The standard InChI is InChI=1S/C15H21N5O2/c1-15(2,3)22-14(21)20-9-11(8-18-19-16)12(10-20)13-6-4-5-7-17-13/h4-7,11-12H,8-10H2,1-3H3. The second-order valence-electron chi connectivity index (χ2n) is 6.42. The smallest absolute Gasteiger partial charge is 0.410 e. The van der Waals surface area contributed by atoms with Crippen molar-refractivity contribution in [2.24, 2.45) is 11.0 Å². The van der Waals surface area contributed by atoms with Gasteiger partial charge in [0.05, 0.1) is 0 Å². The van der Waals surface area contributed by atoms with Crippen LogP contribution in [-0.2, 0) is 4.74 Å². The molecular formula is C15H21N5O2. The van der Waals surface area contributed by atoms with E-state index in [1.807, 2.05) is 39.0 Å². The maximum Gasteiger partial charge on any atom is 0.410 e. The van der Waals surface area contributed by atoms with Crippen molar-refractivity contribution in [3.8, 4) is 0 Å². The molecule has 1 saturated heterocycles. The highest BCUT2D eigenvalue weighted by molar-refractivity contribution is 5.68. The van der Waals surface area contributed by atoms with E-state index in [9.17, 15) is 4.79 Å². The van der Waals surface area contributed by atoms with Crippen LogP contribution in [0.1, 0.15) is 32.4 Å². The normalized spacial score (nSPS) is 21.3. The molecule has 0 aromatic carbocycles. The summed E-state index contributed by atoms with van der Waals surface area (Å²) in [7, 11) is 0. The fourth-order valence-electron chi connectivity index (χ4n) is 2.60. The van der Waals surface area contributed by atoms with E-state index in [0.29, 0.717) is 19.6 Å². The Balaban J connectivity index is 2.14. The minimum absolute atomic E-state index is 0.0540. The largest absolute Gasteiger partial charge is 0.444 e. The molecule has 7 nitrogen and oxygen atoms in total. The van der Waals surface area contributed by atoms with E-state index in [1.54, 1.807) is 11.1 Å². The minimum atomic E-state index is -0.527. The number of rotatable bonds is 3. The number of carbonyl (C=O) groups excluding carboxylic acids is 1. The van der Waals surface area contributed by atoms with Gasteiger partial charge >= 0.3 is 6.09 Å². The van der Waals surface area contributed by atoms with Gasteiger partial charge in [-0.1, -0.05) is 11.2 Å². The van der Waals surface area contributed by atoms with E-state index >= 15 is 0 Å². The molecule has 1 aliphatic rings. The highest BCUT2D eigenvalue weighted by Crippen LogP contribution is 2.32. The average molecular weight is 303 g/mol. The zero-order valence-electron chi connectivity index (χ0n) is 13.1. The van der Waals surface area contributed by atoms with Crippen molar-refractivity contribution in [1.82, 2.24) is 9.88 Å². The van der Waals surface area contributed by atoms with E-state index in [2.05, 4.69) is 15.0 Å². The first-order valence-corrected chi connectivity index (χ1v) is 7.30. The fraction of sp³-hybridized carbons (Fsp3) is 0.600. The first-order valence-electron chi connectivity index (χ1n) is 7.30. The van der Waals surface area contributed by atoms with Gasteiger partial charge in [0.25, 0.3) is 0 Å². The van der Waals surface area contributed by atoms with Gasteiger partial charge in [-0.05, 0) is 44.4 Å². The van der Waals surface area contributed by atoms with Gasteiger partial charge in [0, 0.05) is 42.4 Å². The van der Waals surface area contributed by atoms with Gasteiger partial charge in [0.1, 0.15) is 5.60 Å². The Morgan fingerprint density at radius 3 is 2.86 bits per heavy atom. The molecule has 0 radical (unpaired) electrons. The lowest BCUT2D eigenvalue weighted by molar-refractivity contribution is 0.0287. The van der Waals surface area contributed by atoms with Gasteiger partial charge in [-0.2, -0.15) is 0 Å². The van der Waals surface area contributed by atoms with Crippen LogP contribution in [-0.4, -0.2) is 41.2 Å². The van der Waals surface area contributed by atoms with Crippen LogP contribution in [0.2, 0.25) is 0 Å². The van der Waals surface area contributed by atoms with Crippen LogP contribution in [0.5, 0.6) is 0 Å². The van der Waals surface area contributed by atoms with Crippen molar-refractivity contribution in [2.75, 3.05) is 19.6 Å². The topological polar surface area (TPSA) is 91.2 Å². The van der Waals surface area contributed by atoms with Crippen LogP contribution in [0.4, 0.5) is 4.79 Å². The third-order valence-electron chi connectivity index (χ3n) is 3.54. The monoisotopic (exact) mass is 303 g/mol. The molecule has 2 atom stereocenters. The summed E-state index contributed by atoms with van der Waals surface area (Å²) < 4.78 is 5.42. The quantitative estimate of drug-likeness (QED) is 0.487. The predicted octanol–water partition coefficient (Wildman–Crippen LogP) is 3.34. The Labute approximate surface area is 129 Å². The molecule has 0 N–H and O–H groups in total. The maximum atomic E-state index is 12.2. The maximum absolute atomic E-state index is 12.2. The van der Waals surface area contributed by atoms with Crippen LogP contribution in [0.25, 0.3) is 10.4 Å². The summed E-state index contributed by atoms with van der Waals surface area (Å²) in [5, 5.41) is 3.67. The summed E-state index contributed by atoms with van der Waals surface area (Å²) in [5.74, 6) is 0.109. The van der Waals surface area contributed by atoms with Crippen molar-refractivity contribution < 1.29 is 9.53 Å². The fourth-order valence-corrected chi connectivity index (χ4v) is 2.60. The second-order valence-corrected chi connectivity index (χ2v) is 6.42. The number of pyridine rings is 1. The average Bonchev–Trinajstić information content (AvgIpc) is 2.88. The Morgan fingerprint density at radius 1 is 1.50 bits per heavy atom. The minimum Gasteiger partial charge on any atom is -0.444 e. The molecule has 22 heavy (non-hydrogen) atoms. The molecule has 0 aliphatic carbocycles. The number of hydrogen-bond acceptors (Lipinski definition) is 4. The van der Waals surface area contributed by atoms with E-state index in [4.69, 9.17) is 10.3 Å². The molecular weight excluding hydrogens is 282 g/mol. The number of amides is 1. The van der Waals surface area contributed by atoms with Gasteiger partial charge in [-0.15, -0.1) is 0 Å². The van der Waals surface area contributed by atoms with E-state index in [0.717, 1.165) is 5.69 Å². The predicted molar refractivity (Wildman–Crippen MR) is 82.3 cm³/mol. The van der Waals surface area contributed by atoms with Crippen LogP contribution < -0.4 is 0 Å². The zero-order chi connectivity index (χ0) is 16.2.